The van der Waals surface area contributed by atoms with Gasteiger partial charge in [0.1, 0.15) is 0 Å². The number of rotatable bonds is 3. The third-order valence-corrected chi connectivity index (χ3v) is 3.38. The summed E-state index contributed by atoms with van der Waals surface area (Å²) in [4.78, 5) is 0. The van der Waals surface area contributed by atoms with Crippen molar-refractivity contribution in [3.05, 3.63) is 24.3 Å². The Hall–Kier alpha value is -0.520. The Labute approximate surface area is 76.4 Å². The molecule has 0 aliphatic heterocycles. The molecule has 1 unspecified atom stereocenters. The smallest absolute Gasteiger partial charge is 0.00576 e. The number of hydrogen-bond acceptors (Lipinski definition) is 0. The summed E-state index contributed by atoms with van der Waals surface area (Å²) in [5, 5.41) is 0. The monoisotopic (exact) mass is 164 g/mol. The summed E-state index contributed by atoms with van der Waals surface area (Å²) in [7, 11) is 0. The minimum Gasteiger partial charge on any atom is -0.0806 e. The van der Waals surface area contributed by atoms with Gasteiger partial charge in [-0.1, -0.05) is 45.1 Å². The molecule has 0 fully saturated rings. The van der Waals surface area contributed by atoms with E-state index in [9.17, 15) is 0 Å². The van der Waals surface area contributed by atoms with Gasteiger partial charge in [0.15, 0.2) is 0 Å². The van der Waals surface area contributed by atoms with Crippen LogP contribution < -0.4 is 0 Å². The van der Waals surface area contributed by atoms with Gasteiger partial charge in [0.25, 0.3) is 0 Å². The lowest BCUT2D eigenvalue weighted by molar-refractivity contribution is 0.244. The van der Waals surface area contributed by atoms with Crippen molar-refractivity contribution in [3.63, 3.8) is 0 Å². The maximum absolute atomic E-state index is 2.40. The fraction of sp³-hybridized carbons (Fsp3) is 0.667. The highest BCUT2D eigenvalue weighted by atomic mass is 14.3. The van der Waals surface area contributed by atoms with Crippen molar-refractivity contribution < 1.29 is 0 Å². The molecule has 1 rings (SSSR count). The van der Waals surface area contributed by atoms with Crippen molar-refractivity contribution in [2.75, 3.05) is 0 Å². The lowest BCUT2D eigenvalue weighted by Crippen LogP contribution is -2.26. The van der Waals surface area contributed by atoms with Crippen LogP contribution >= 0.6 is 0 Å². The van der Waals surface area contributed by atoms with E-state index in [-0.39, 0.29) is 0 Å². The maximum atomic E-state index is 2.40. The summed E-state index contributed by atoms with van der Waals surface area (Å²) < 4.78 is 0. The largest absolute Gasteiger partial charge is 0.0806 e. The van der Waals surface area contributed by atoms with Crippen LogP contribution in [0.5, 0.6) is 0 Å². The zero-order valence-electron chi connectivity index (χ0n) is 8.51. The summed E-state index contributed by atoms with van der Waals surface area (Å²) in [5.41, 5.74) is 0.462. The number of hydrogen-bond donors (Lipinski definition) is 0. The van der Waals surface area contributed by atoms with E-state index < -0.39 is 0 Å². The second kappa shape index (κ2) is 3.93. The van der Waals surface area contributed by atoms with Gasteiger partial charge in [0.2, 0.25) is 0 Å². The predicted octanol–water partition coefficient (Wildman–Crippen LogP) is 3.95. The van der Waals surface area contributed by atoms with Crippen molar-refractivity contribution in [2.24, 2.45) is 11.3 Å². The summed E-state index contributed by atoms with van der Waals surface area (Å²) in [6, 6.07) is 0. The third kappa shape index (κ3) is 1.48. The zero-order chi connectivity index (χ0) is 9.03. The van der Waals surface area contributed by atoms with Crippen molar-refractivity contribution in [1.29, 1.82) is 0 Å². The average Bonchev–Trinajstić information content (AvgIpc) is 2.17. The molecule has 1 aliphatic rings. The zero-order valence-corrected chi connectivity index (χ0v) is 8.51. The maximum Gasteiger partial charge on any atom is -0.00576 e. The Balaban J connectivity index is 2.84. The Morgan fingerprint density at radius 2 is 1.75 bits per heavy atom. The van der Waals surface area contributed by atoms with Gasteiger partial charge in [-0.3, -0.25) is 0 Å². The fourth-order valence-electron chi connectivity index (χ4n) is 2.31. The van der Waals surface area contributed by atoms with E-state index in [0.29, 0.717) is 5.41 Å². The molecular formula is C12H20. The lowest BCUT2D eigenvalue weighted by atomic mass is 9.68. The van der Waals surface area contributed by atoms with Crippen LogP contribution in [0.4, 0.5) is 0 Å². The van der Waals surface area contributed by atoms with Crippen molar-refractivity contribution in [3.8, 4) is 0 Å². The molecule has 0 saturated carbocycles. The molecule has 0 amide bonds. The molecule has 0 aromatic heterocycles. The van der Waals surface area contributed by atoms with Crippen LogP contribution in [0.1, 0.15) is 40.0 Å². The summed E-state index contributed by atoms with van der Waals surface area (Å²) >= 11 is 0. The van der Waals surface area contributed by atoms with Crippen LogP contribution in [0, 0.1) is 11.3 Å². The molecule has 0 spiro atoms. The van der Waals surface area contributed by atoms with Crippen molar-refractivity contribution in [1.82, 2.24) is 0 Å². The second-order valence-electron chi connectivity index (χ2n) is 3.70. The van der Waals surface area contributed by atoms with Crippen LogP contribution in [-0.2, 0) is 0 Å². The van der Waals surface area contributed by atoms with Gasteiger partial charge >= 0.3 is 0 Å². The molecule has 0 nitrogen and oxygen atoms in total. The number of allylic oxidation sites excluding steroid dienone is 4. The van der Waals surface area contributed by atoms with E-state index in [2.05, 4.69) is 45.1 Å². The first-order valence-electron chi connectivity index (χ1n) is 5.15. The van der Waals surface area contributed by atoms with Gasteiger partial charge in [-0.05, 0) is 30.6 Å². The molecule has 0 N–H and O–H groups in total. The third-order valence-electron chi connectivity index (χ3n) is 3.38. The Bertz CT molecular complexity index is 182. The first-order chi connectivity index (χ1) is 5.79. The molecule has 0 heteroatoms. The standard InChI is InChI=1S/C12H20/c1-4-11-9-7-8-10-12(11,5-2)6-3/h7-11H,4-6H2,1-3H3. The molecule has 68 valence electrons. The van der Waals surface area contributed by atoms with Crippen LogP contribution in [0.25, 0.3) is 0 Å². The summed E-state index contributed by atoms with van der Waals surface area (Å²) in [6.07, 6.45) is 13.0. The van der Waals surface area contributed by atoms with Crippen LogP contribution in [0.2, 0.25) is 0 Å². The van der Waals surface area contributed by atoms with E-state index in [0.717, 1.165) is 5.92 Å². The molecule has 0 heterocycles. The van der Waals surface area contributed by atoms with Gasteiger partial charge < -0.3 is 0 Å². The van der Waals surface area contributed by atoms with Crippen molar-refractivity contribution >= 4 is 0 Å². The Morgan fingerprint density at radius 1 is 1.08 bits per heavy atom. The normalized spacial score (nSPS) is 26.1. The fourth-order valence-corrected chi connectivity index (χ4v) is 2.31. The minimum atomic E-state index is 0.462. The molecule has 0 aromatic carbocycles. The highest BCUT2D eigenvalue weighted by molar-refractivity contribution is 5.19. The molecule has 0 bridgehead atoms. The van der Waals surface area contributed by atoms with Gasteiger partial charge in [-0.2, -0.15) is 0 Å². The van der Waals surface area contributed by atoms with Gasteiger partial charge in [-0.25, -0.2) is 0 Å². The van der Waals surface area contributed by atoms with Crippen LogP contribution in [0.15, 0.2) is 24.3 Å². The molecule has 1 aliphatic carbocycles. The van der Waals surface area contributed by atoms with E-state index in [1.165, 1.54) is 19.3 Å². The Kier molecular flexibility index (Phi) is 3.13. The topological polar surface area (TPSA) is 0 Å². The quantitative estimate of drug-likeness (QED) is 0.592. The van der Waals surface area contributed by atoms with E-state index in [1.54, 1.807) is 0 Å². The second-order valence-corrected chi connectivity index (χ2v) is 3.70. The van der Waals surface area contributed by atoms with Crippen LogP contribution in [0.3, 0.4) is 0 Å². The molecular weight excluding hydrogens is 144 g/mol. The minimum absolute atomic E-state index is 0.462. The average molecular weight is 164 g/mol. The summed E-state index contributed by atoms with van der Waals surface area (Å²) in [5.74, 6) is 0.762. The first-order valence-corrected chi connectivity index (χ1v) is 5.15. The van der Waals surface area contributed by atoms with Crippen molar-refractivity contribution in [2.45, 2.75) is 40.0 Å². The predicted molar refractivity (Wildman–Crippen MR) is 55.1 cm³/mol. The van der Waals surface area contributed by atoms with E-state index in [4.69, 9.17) is 0 Å². The van der Waals surface area contributed by atoms with E-state index in [1.807, 2.05) is 0 Å². The molecule has 0 aromatic rings. The Morgan fingerprint density at radius 3 is 2.17 bits per heavy atom. The van der Waals surface area contributed by atoms with Gasteiger partial charge in [0.05, 0.1) is 0 Å². The lowest BCUT2D eigenvalue weighted by Gasteiger charge is -2.36. The van der Waals surface area contributed by atoms with E-state index >= 15 is 0 Å². The highest BCUT2D eigenvalue weighted by Crippen LogP contribution is 2.41. The molecule has 0 radical (unpaired) electrons. The first kappa shape index (κ1) is 9.57. The van der Waals surface area contributed by atoms with Gasteiger partial charge in [0, 0.05) is 0 Å². The molecule has 12 heavy (non-hydrogen) atoms. The molecule has 1 atom stereocenters. The summed E-state index contributed by atoms with van der Waals surface area (Å²) in [6.45, 7) is 6.89. The molecule has 0 saturated heterocycles. The highest BCUT2D eigenvalue weighted by Gasteiger charge is 2.31. The SMILES string of the molecule is CCC1C=CC=CC1(CC)CC. The van der Waals surface area contributed by atoms with Gasteiger partial charge in [-0.15, -0.1) is 0 Å². The van der Waals surface area contributed by atoms with Crippen LogP contribution in [-0.4, -0.2) is 0 Å².